The number of nitrogens with zero attached hydrogens (tertiary/aromatic N) is 2. The molecule has 2 saturated carbocycles. The highest BCUT2D eigenvalue weighted by Gasteiger charge is 2.39. The zero-order chi connectivity index (χ0) is 18.1. The van der Waals surface area contributed by atoms with Crippen LogP contribution in [0.3, 0.4) is 0 Å². The summed E-state index contributed by atoms with van der Waals surface area (Å²) in [6.45, 7) is 1.54. The van der Waals surface area contributed by atoms with Crippen molar-refractivity contribution in [3.8, 4) is 0 Å². The first-order chi connectivity index (χ1) is 12.6. The van der Waals surface area contributed by atoms with Crippen LogP contribution in [-0.2, 0) is 14.8 Å². The minimum atomic E-state index is -3.58. The molecule has 1 saturated heterocycles. The Labute approximate surface area is 155 Å². The third kappa shape index (κ3) is 3.52. The summed E-state index contributed by atoms with van der Waals surface area (Å²) in [5.41, 5.74) is 0.484. The van der Waals surface area contributed by atoms with Crippen molar-refractivity contribution < 1.29 is 17.9 Å². The second-order valence-electron chi connectivity index (χ2n) is 7.43. The number of hydrogen-bond donors (Lipinski definition) is 0. The van der Waals surface area contributed by atoms with E-state index in [1.165, 1.54) is 17.1 Å². The van der Waals surface area contributed by atoms with Crippen molar-refractivity contribution in [2.75, 3.05) is 26.3 Å². The van der Waals surface area contributed by atoms with Crippen molar-refractivity contribution in [2.24, 2.45) is 0 Å². The van der Waals surface area contributed by atoms with Gasteiger partial charge in [0.1, 0.15) is 0 Å². The van der Waals surface area contributed by atoms with Crippen molar-refractivity contribution in [1.82, 2.24) is 9.21 Å². The van der Waals surface area contributed by atoms with Gasteiger partial charge in [-0.1, -0.05) is 18.9 Å². The molecule has 2 aliphatic carbocycles. The number of morpholine rings is 1. The molecule has 4 rings (SSSR count). The maximum Gasteiger partial charge on any atom is 0.254 e. The summed E-state index contributed by atoms with van der Waals surface area (Å²) in [4.78, 5) is 15.4. The molecule has 0 N–H and O–H groups in total. The molecule has 0 radical (unpaired) electrons. The van der Waals surface area contributed by atoms with Gasteiger partial charge < -0.3 is 9.64 Å². The first-order valence-corrected chi connectivity index (χ1v) is 11.0. The Balaban J connectivity index is 1.59. The molecule has 1 aromatic carbocycles. The first kappa shape index (κ1) is 17.9. The molecule has 6 nitrogen and oxygen atoms in total. The number of hydrogen-bond acceptors (Lipinski definition) is 4. The lowest BCUT2D eigenvalue weighted by Crippen LogP contribution is -2.41. The van der Waals surface area contributed by atoms with E-state index in [-0.39, 0.29) is 10.8 Å². The zero-order valence-electron chi connectivity index (χ0n) is 15.0. The maximum atomic E-state index is 13.2. The Bertz CT molecular complexity index is 763. The number of amides is 1. The number of carbonyl (C=O) groups is 1. The summed E-state index contributed by atoms with van der Waals surface area (Å²) < 4.78 is 32.4. The molecule has 0 bridgehead atoms. The second-order valence-corrected chi connectivity index (χ2v) is 9.36. The van der Waals surface area contributed by atoms with Crippen LogP contribution in [-0.4, -0.2) is 61.9 Å². The van der Waals surface area contributed by atoms with E-state index >= 15 is 0 Å². The van der Waals surface area contributed by atoms with Gasteiger partial charge in [-0.3, -0.25) is 4.79 Å². The van der Waals surface area contributed by atoms with Crippen molar-refractivity contribution in [3.63, 3.8) is 0 Å². The Hall–Kier alpha value is -1.44. The fourth-order valence-corrected chi connectivity index (χ4v) is 5.49. The van der Waals surface area contributed by atoms with Crippen LogP contribution >= 0.6 is 0 Å². The average Bonchev–Trinajstić information content (AvgIpc) is 3.36. The van der Waals surface area contributed by atoms with Crippen LogP contribution < -0.4 is 0 Å². The quantitative estimate of drug-likeness (QED) is 0.788. The summed E-state index contributed by atoms with van der Waals surface area (Å²) in [5, 5.41) is 0. The molecule has 1 aromatic rings. The van der Waals surface area contributed by atoms with E-state index in [1.807, 2.05) is 4.90 Å². The van der Waals surface area contributed by atoms with Crippen LogP contribution in [0.2, 0.25) is 0 Å². The van der Waals surface area contributed by atoms with Gasteiger partial charge in [0.05, 0.1) is 18.1 Å². The molecule has 1 amide bonds. The predicted octanol–water partition coefficient (Wildman–Crippen LogP) is 2.25. The number of sulfonamides is 1. The van der Waals surface area contributed by atoms with E-state index in [2.05, 4.69) is 0 Å². The van der Waals surface area contributed by atoms with Crippen molar-refractivity contribution in [2.45, 2.75) is 55.5 Å². The predicted molar refractivity (Wildman–Crippen MR) is 97.5 cm³/mol. The second kappa shape index (κ2) is 7.29. The van der Waals surface area contributed by atoms with E-state index in [0.717, 1.165) is 25.7 Å². The van der Waals surface area contributed by atoms with Crippen LogP contribution in [0.5, 0.6) is 0 Å². The van der Waals surface area contributed by atoms with E-state index in [4.69, 9.17) is 4.74 Å². The van der Waals surface area contributed by atoms with Crippen LogP contribution in [0, 0.1) is 0 Å². The lowest BCUT2D eigenvalue weighted by Gasteiger charge is -2.29. The molecule has 3 aliphatic rings. The Morgan fingerprint density at radius 3 is 2.35 bits per heavy atom. The monoisotopic (exact) mass is 378 g/mol. The Morgan fingerprint density at radius 1 is 1.04 bits per heavy atom. The molecule has 0 unspecified atom stereocenters. The van der Waals surface area contributed by atoms with Gasteiger partial charge in [-0.25, -0.2) is 8.42 Å². The van der Waals surface area contributed by atoms with Gasteiger partial charge >= 0.3 is 0 Å². The SMILES string of the molecule is O=C(c1cccc(S(=O)(=O)N2CCOCC2)c1)N(C1CCCC1)C1CC1. The number of rotatable bonds is 5. The third-order valence-electron chi connectivity index (χ3n) is 5.58. The largest absolute Gasteiger partial charge is 0.379 e. The molecule has 1 aliphatic heterocycles. The minimum Gasteiger partial charge on any atom is -0.379 e. The molecule has 0 spiro atoms. The highest BCUT2D eigenvalue weighted by Crippen LogP contribution is 2.35. The first-order valence-electron chi connectivity index (χ1n) is 9.58. The fraction of sp³-hybridized carbons (Fsp3) is 0.632. The average molecular weight is 378 g/mol. The van der Waals surface area contributed by atoms with Gasteiger partial charge in [0, 0.05) is 30.7 Å². The smallest absolute Gasteiger partial charge is 0.254 e. The molecule has 1 heterocycles. The van der Waals surface area contributed by atoms with Crippen molar-refractivity contribution in [3.05, 3.63) is 29.8 Å². The van der Waals surface area contributed by atoms with Crippen LogP contribution in [0.4, 0.5) is 0 Å². The fourth-order valence-electron chi connectivity index (χ4n) is 4.04. The van der Waals surface area contributed by atoms with Crippen molar-refractivity contribution >= 4 is 15.9 Å². The summed E-state index contributed by atoms with van der Waals surface area (Å²) in [5.74, 6) is -0.0153. The zero-order valence-corrected chi connectivity index (χ0v) is 15.8. The summed E-state index contributed by atoms with van der Waals surface area (Å²) in [6.07, 6.45) is 6.60. The molecule has 0 aromatic heterocycles. The van der Waals surface area contributed by atoms with Crippen LogP contribution in [0.25, 0.3) is 0 Å². The van der Waals surface area contributed by atoms with Gasteiger partial charge in [-0.15, -0.1) is 0 Å². The summed E-state index contributed by atoms with van der Waals surface area (Å²) >= 11 is 0. The van der Waals surface area contributed by atoms with Gasteiger partial charge in [0.2, 0.25) is 10.0 Å². The van der Waals surface area contributed by atoms with E-state index < -0.39 is 10.0 Å². The highest BCUT2D eigenvalue weighted by atomic mass is 32.2. The standard InChI is InChI=1S/C19H26N2O4S/c22-19(21(17-8-9-17)16-5-1-2-6-16)15-4-3-7-18(14-15)26(23,24)20-10-12-25-13-11-20/h3-4,7,14,16-17H,1-2,5-6,8-13H2. The van der Waals surface area contributed by atoms with E-state index in [0.29, 0.717) is 44.0 Å². The highest BCUT2D eigenvalue weighted by molar-refractivity contribution is 7.89. The number of carbonyl (C=O) groups excluding carboxylic acids is 1. The minimum absolute atomic E-state index is 0.0153. The lowest BCUT2D eigenvalue weighted by atomic mass is 10.1. The molecular formula is C19H26N2O4S. The molecule has 0 atom stereocenters. The molecule has 142 valence electrons. The van der Waals surface area contributed by atoms with Crippen LogP contribution in [0.15, 0.2) is 29.2 Å². The van der Waals surface area contributed by atoms with Crippen LogP contribution in [0.1, 0.15) is 48.9 Å². The number of ether oxygens (including phenoxy) is 1. The summed E-state index contributed by atoms with van der Waals surface area (Å²) in [7, 11) is -3.58. The Morgan fingerprint density at radius 2 is 1.69 bits per heavy atom. The normalized spacial score (nSPS) is 22.5. The topological polar surface area (TPSA) is 66.9 Å². The van der Waals surface area contributed by atoms with E-state index in [1.54, 1.807) is 24.3 Å². The third-order valence-corrected chi connectivity index (χ3v) is 7.48. The van der Waals surface area contributed by atoms with E-state index in [9.17, 15) is 13.2 Å². The Kier molecular flexibility index (Phi) is 5.03. The lowest BCUT2D eigenvalue weighted by molar-refractivity contribution is 0.0663. The number of benzene rings is 1. The van der Waals surface area contributed by atoms with Crippen molar-refractivity contribution in [1.29, 1.82) is 0 Å². The summed E-state index contributed by atoms with van der Waals surface area (Å²) in [6, 6.07) is 7.21. The molecule has 7 heteroatoms. The molecular weight excluding hydrogens is 352 g/mol. The van der Waals surface area contributed by atoms with Gasteiger partial charge in [0.25, 0.3) is 5.91 Å². The van der Waals surface area contributed by atoms with Gasteiger partial charge in [-0.2, -0.15) is 4.31 Å². The molecule has 26 heavy (non-hydrogen) atoms. The maximum absolute atomic E-state index is 13.2. The van der Waals surface area contributed by atoms with Gasteiger partial charge in [0.15, 0.2) is 0 Å². The molecule has 3 fully saturated rings. The van der Waals surface area contributed by atoms with Gasteiger partial charge in [-0.05, 0) is 43.9 Å².